The van der Waals surface area contributed by atoms with E-state index in [4.69, 9.17) is 5.73 Å². The second-order valence-electron chi connectivity index (χ2n) is 5.56. The molecule has 0 radical (unpaired) electrons. The summed E-state index contributed by atoms with van der Waals surface area (Å²) in [5.41, 5.74) is 7.39. The van der Waals surface area contributed by atoms with Crippen molar-refractivity contribution >= 4 is 11.6 Å². The number of anilines is 1. The summed E-state index contributed by atoms with van der Waals surface area (Å²) in [5, 5.41) is 2.99. The summed E-state index contributed by atoms with van der Waals surface area (Å²) in [7, 11) is 0. The van der Waals surface area contributed by atoms with Crippen molar-refractivity contribution in [2.45, 2.75) is 44.9 Å². The average molecular weight is 260 g/mol. The van der Waals surface area contributed by atoms with Crippen LogP contribution in [0.25, 0.3) is 0 Å². The van der Waals surface area contributed by atoms with Gasteiger partial charge in [-0.3, -0.25) is 4.79 Å². The second kappa shape index (κ2) is 7.17. The van der Waals surface area contributed by atoms with E-state index in [1.807, 2.05) is 24.3 Å². The Bertz CT molecular complexity index is 411. The number of amides is 1. The van der Waals surface area contributed by atoms with Crippen LogP contribution in [0.3, 0.4) is 0 Å². The van der Waals surface area contributed by atoms with Crippen LogP contribution in [-0.2, 0) is 11.2 Å². The monoisotopic (exact) mass is 260 g/mol. The maximum absolute atomic E-state index is 11.8. The van der Waals surface area contributed by atoms with Gasteiger partial charge in [0.1, 0.15) is 0 Å². The summed E-state index contributed by atoms with van der Waals surface area (Å²) < 4.78 is 0. The number of carbonyl (C=O) groups is 1. The first-order valence-corrected chi connectivity index (χ1v) is 7.35. The SMILES string of the molecule is Nc1cccc(CC(=O)NCCCC2CCCC2)c1. The van der Waals surface area contributed by atoms with Gasteiger partial charge in [0.15, 0.2) is 0 Å². The molecule has 0 heterocycles. The van der Waals surface area contributed by atoms with Crippen LogP contribution in [-0.4, -0.2) is 12.5 Å². The standard InChI is InChI=1S/C16H24N2O/c17-15-9-3-7-14(11-15)12-16(19)18-10-4-8-13-5-1-2-6-13/h3,7,9,11,13H,1-2,4-6,8,10,12,17H2,(H,18,19). The Morgan fingerprint density at radius 1 is 1.32 bits per heavy atom. The van der Waals surface area contributed by atoms with Gasteiger partial charge in [-0.05, 0) is 36.5 Å². The normalized spacial score (nSPS) is 15.6. The molecule has 0 aromatic heterocycles. The smallest absolute Gasteiger partial charge is 0.224 e. The predicted octanol–water partition coefficient (Wildman–Crippen LogP) is 2.90. The molecule has 0 atom stereocenters. The molecule has 19 heavy (non-hydrogen) atoms. The molecule has 0 aliphatic heterocycles. The minimum absolute atomic E-state index is 0.0945. The third-order valence-corrected chi connectivity index (χ3v) is 3.90. The molecule has 1 aliphatic rings. The minimum Gasteiger partial charge on any atom is -0.399 e. The highest BCUT2D eigenvalue weighted by Gasteiger charge is 2.14. The van der Waals surface area contributed by atoms with Crippen molar-refractivity contribution in [2.75, 3.05) is 12.3 Å². The van der Waals surface area contributed by atoms with E-state index in [0.29, 0.717) is 12.1 Å². The van der Waals surface area contributed by atoms with E-state index < -0.39 is 0 Å². The van der Waals surface area contributed by atoms with Gasteiger partial charge in [0.25, 0.3) is 0 Å². The molecule has 1 fully saturated rings. The molecule has 2 rings (SSSR count). The van der Waals surface area contributed by atoms with Crippen LogP contribution in [0.4, 0.5) is 5.69 Å². The highest BCUT2D eigenvalue weighted by molar-refractivity contribution is 5.78. The molecule has 104 valence electrons. The highest BCUT2D eigenvalue weighted by Crippen LogP contribution is 2.28. The van der Waals surface area contributed by atoms with E-state index in [0.717, 1.165) is 24.4 Å². The molecular formula is C16H24N2O. The van der Waals surface area contributed by atoms with Gasteiger partial charge in [-0.15, -0.1) is 0 Å². The van der Waals surface area contributed by atoms with Crippen LogP contribution >= 0.6 is 0 Å². The molecule has 1 amide bonds. The van der Waals surface area contributed by atoms with Gasteiger partial charge in [-0.25, -0.2) is 0 Å². The summed E-state index contributed by atoms with van der Waals surface area (Å²) >= 11 is 0. The van der Waals surface area contributed by atoms with Gasteiger partial charge >= 0.3 is 0 Å². The Labute approximate surface area is 115 Å². The number of hydrogen-bond acceptors (Lipinski definition) is 2. The second-order valence-corrected chi connectivity index (χ2v) is 5.56. The number of hydrogen-bond donors (Lipinski definition) is 2. The third kappa shape index (κ3) is 4.93. The zero-order chi connectivity index (χ0) is 13.5. The van der Waals surface area contributed by atoms with Crippen LogP contribution in [0.1, 0.15) is 44.1 Å². The third-order valence-electron chi connectivity index (χ3n) is 3.90. The minimum atomic E-state index is 0.0945. The molecular weight excluding hydrogens is 236 g/mol. The Hall–Kier alpha value is -1.51. The Kier molecular flexibility index (Phi) is 5.25. The molecule has 0 saturated heterocycles. The lowest BCUT2D eigenvalue weighted by Gasteiger charge is -2.09. The first-order chi connectivity index (χ1) is 9.24. The fourth-order valence-corrected chi connectivity index (χ4v) is 2.87. The summed E-state index contributed by atoms with van der Waals surface area (Å²) in [6.07, 6.45) is 8.35. The molecule has 1 aromatic rings. The van der Waals surface area contributed by atoms with Gasteiger partial charge in [-0.2, -0.15) is 0 Å². The van der Waals surface area contributed by atoms with Crippen LogP contribution in [0.5, 0.6) is 0 Å². The number of nitrogens with two attached hydrogens (primary N) is 1. The van der Waals surface area contributed by atoms with E-state index in [9.17, 15) is 4.79 Å². The number of carbonyl (C=O) groups excluding carboxylic acids is 1. The average Bonchev–Trinajstić information content (AvgIpc) is 2.88. The van der Waals surface area contributed by atoms with Gasteiger partial charge in [0.05, 0.1) is 6.42 Å². The largest absolute Gasteiger partial charge is 0.399 e. The van der Waals surface area contributed by atoms with Gasteiger partial charge in [0.2, 0.25) is 5.91 Å². The Morgan fingerprint density at radius 3 is 2.84 bits per heavy atom. The molecule has 1 aromatic carbocycles. The topological polar surface area (TPSA) is 55.1 Å². The van der Waals surface area contributed by atoms with Crippen LogP contribution in [0.2, 0.25) is 0 Å². The molecule has 0 bridgehead atoms. The van der Waals surface area contributed by atoms with Crippen LogP contribution in [0, 0.1) is 5.92 Å². The molecule has 3 heteroatoms. The van der Waals surface area contributed by atoms with E-state index in [1.54, 1.807) is 0 Å². The number of rotatable bonds is 6. The number of benzene rings is 1. The lowest BCUT2D eigenvalue weighted by molar-refractivity contribution is -0.120. The number of nitrogens with one attached hydrogen (secondary N) is 1. The van der Waals surface area contributed by atoms with E-state index in [-0.39, 0.29) is 5.91 Å². The maximum atomic E-state index is 11.8. The summed E-state index contributed by atoms with van der Waals surface area (Å²) in [6, 6.07) is 7.52. The molecule has 1 saturated carbocycles. The Morgan fingerprint density at radius 2 is 2.11 bits per heavy atom. The lowest BCUT2D eigenvalue weighted by Crippen LogP contribution is -2.26. The zero-order valence-electron chi connectivity index (χ0n) is 11.5. The van der Waals surface area contributed by atoms with E-state index >= 15 is 0 Å². The molecule has 0 spiro atoms. The summed E-state index contributed by atoms with van der Waals surface area (Å²) in [6.45, 7) is 0.803. The van der Waals surface area contributed by atoms with Crippen molar-refractivity contribution in [3.63, 3.8) is 0 Å². The predicted molar refractivity (Wildman–Crippen MR) is 78.8 cm³/mol. The van der Waals surface area contributed by atoms with E-state index in [1.165, 1.54) is 32.1 Å². The lowest BCUT2D eigenvalue weighted by atomic mass is 10.0. The number of nitrogen functional groups attached to an aromatic ring is 1. The quantitative estimate of drug-likeness (QED) is 0.610. The highest BCUT2D eigenvalue weighted by atomic mass is 16.1. The van der Waals surface area contributed by atoms with E-state index in [2.05, 4.69) is 5.32 Å². The van der Waals surface area contributed by atoms with Crippen LogP contribution in [0.15, 0.2) is 24.3 Å². The zero-order valence-corrected chi connectivity index (χ0v) is 11.5. The summed E-state index contributed by atoms with van der Waals surface area (Å²) in [4.78, 5) is 11.8. The van der Waals surface area contributed by atoms with Gasteiger partial charge in [0, 0.05) is 12.2 Å². The van der Waals surface area contributed by atoms with Gasteiger partial charge in [-0.1, -0.05) is 37.8 Å². The van der Waals surface area contributed by atoms with Crippen molar-refractivity contribution in [3.05, 3.63) is 29.8 Å². The first-order valence-electron chi connectivity index (χ1n) is 7.35. The summed E-state index contributed by atoms with van der Waals surface area (Å²) in [5.74, 6) is 1.00. The first kappa shape index (κ1) is 13.9. The van der Waals surface area contributed by atoms with Crippen molar-refractivity contribution in [1.82, 2.24) is 5.32 Å². The fraction of sp³-hybridized carbons (Fsp3) is 0.562. The van der Waals surface area contributed by atoms with Crippen molar-refractivity contribution < 1.29 is 4.79 Å². The Balaban J connectivity index is 1.61. The molecule has 1 aliphatic carbocycles. The van der Waals surface area contributed by atoms with Crippen molar-refractivity contribution in [1.29, 1.82) is 0 Å². The van der Waals surface area contributed by atoms with Crippen LogP contribution < -0.4 is 11.1 Å². The van der Waals surface area contributed by atoms with Crippen molar-refractivity contribution in [3.8, 4) is 0 Å². The van der Waals surface area contributed by atoms with Crippen molar-refractivity contribution in [2.24, 2.45) is 5.92 Å². The molecule has 3 nitrogen and oxygen atoms in total. The molecule has 3 N–H and O–H groups in total. The molecule has 0 unspecified atom stereocenters. The fourth-order valence-electron chi connectivity index (χ4n) is 2.87. The van der Waals surface area contributed by atoms with Gasteiger partial charge < -0.3 is 11.1 Å². The maximum Gasteiger partial charge on any atom is 0.224 e.